The minimum atomic E-state index is -3.92. The van der Waals surface area contributed by atoms with E-state index >= 15 is 0 Å². The number of amides is 1. The van der Waals surface area contributed by atoms with Crippen LogP contribution in [-0.4, -0.2) is 55.1 Å². The van der Waals surface area contributed by atoms with E-state index in [9.17, 15) is 18.3 Å². The molecule has 1 heterocycles. The monoisotopic (exact) mass is 543 g/mol. The molecule has 1 spiro atoms. The number of nitrogen functional groups attached to an aromatic ring is 1. The van der Waals surface area contributed by atoms with Gasteiger partial charge in [-0.05, 0) is 74.8 Å². The molecule has 1 saturated heterocycles. The third kappa shape index (κ3) is 6.06. The van der Waals surface area contributed by atoms with Crippen LogP contribution in [0.3, 0.4) is 0 Å². The lowest BCUT2D eigenvalue weighted by Gasteiger charge is -2.39. The first-order valence-electron chi connectivity index (χ1n) is 13.5. The van der Waals surface area contributed by atoms with Crippen molar-refractivity contribution >= 4 is 21.6 Å². The van der Waals surface area contributed by atoms with Gasteiger partial charge in [-0.15, -0.1) is 0 Å². The van der Waals surface area contributed by atoms with Gasteiger partial charge in [0.15, 0.2) is 0 Å². The predicted molar refractivity (Wildman–Crippen MR) is 148 cm³/mol. The second kappa shape index (κ2) is 11.3. The molecule has 2 aromatic carbocycles. The minimum absolute atomic E-state index is 0.0180. The molecule has 1 aliphatic heterocycles. The van der Waals surface area contributed by atoms with Crippen LogP contribution < -0.4 is 11.1 Å². The van der Waals surface area contributed by atoms with E-state index in [2.05, 4.69) is 5.32 Å². The molecule has 1 amide bonds. The number of aliphatic hydroxyl groups is 1. The van der Waals surface area contributed by atoms with Crippen LogP contribution in [0.4, 0.5) is 5.69 Å². The summed E-state index contributed by atoms with van der Waals surface area (Å²) in [6, 6.07) is 15.3. The number of carbonyl (C=O) groups is 1. The summed E-state index contributed by atoms with van der Waals surface area (Å²) < 4.78 is 34.6. The van der Waals surface area contributed by atoms with Crippen LogP contribution in [0.2, 0.25) is 0 Å². The lowest BCUT2D eigenvalue weighted by atomic mass is 9.85. The van der Waals surface area contributed by atoms with Crippen molar-refractivity contribution in [2.75, 3.05) is 25.4 Å². The molecule has 208 valence electrons. The molecule has 9 heteroatoms. The highest BCUT2D eigenvalue weighted by molar-refractivity contribution is 7.89. The maximum Gasteiger partial charge on any atom is 0.243 e. The van der Waals surface area contributed by atoms with Crippen molar-refractivity contribution in [1.29, 1.82) is 0 Å². The molecule has 1 saturated carbocycles. The third-order valence-corrected chi connectivity index (χ3v) is 9.85. The Bertz CT molecular complexity index is 1200. The maximum absolute atomic E-state index is 13.6. The summed E-state index contributed by atoms with van der Waals surface area (Å²) in [5.41, 5.74) is 5.53. The molecule has 38 heavy (non-hydrogen) atoms. The van der Waals surface area contributed by atoms with Gasteiger partial charge in [-0.25, -0.2) is 8.42 Å². The van der Waals surface area contributed by atoms with Crippen LogP contribution in [0.1, 0.15) is 58.4 Å². The number of benzene rings is 2. The fourth-order valence-electron chi connectivity index (χ4n) is 5.76. The van der Waals surface area contributed by atoms with Crippen LogP contribution >= 0.6 is 0 Å². The quantitative estimate of drug-likeness (QED) is 0.393. The zero-order valence-electron chi connectivity index (χ0n) is 22.6. The Morgan fingerprint density at radius 2 is 1.84 bits per heavy atom. The molecule has 2 unspecified atom stereocenters. The number of aliphatic hydroxyl groups excluding tert-OH is 1. The van der Waals surface area contributed by atoms with Crippen molar-refractivity contribution < 1.29 is 23.1 Å². The summed E-state index contributed by atoms with van der Waals surface area (Å²) in [5, 5.41) is 14.8. The molecular formula is C29H41N3O5S. The number of sulfonamides is 1. The molecule has 4 atom stereocenters. The topological polar surface area (TPSA) is 122 Å². The second-order valence-corrected chi connectivity index (χ2v) is 13.4. The average molecular weight is 544 g/mol. The van der Waals surface area contributed by atoms with Gasteiger partial charge in [0.05, 0.1) is 22.1 Å². The van der Waals surface area contributed by atoms with E-state index in [1.165, 1.54) is 16.4 Å². The Morgan fingerprint density at radius 3 is 2.45 bits per heavy atom. The number of nitrogens with two attached hydrogens (primary N) is 1. The van der Waals surface area contributed by atoms with Crippen molar-refractivity contribution in [3.63, 3.8) is 0 Å². The van der Waals surface area contributed by atoms with Crippen molar-refractivity contribution in [1.82, 2.24) is 9.62 Å². The molecule has 2 fully saturated rings. The summed E-state index contributed by atoms with van der Waals surface area (Å²) >= 11 is 0. The molecule has 1 aliphatic carbocycles. The van der Waals surface area contributed by atoms with Crippen LogP contribution in [0.5, 0.6) is 0 Å². The van der Waals surface area contributed by atoms with Crippen molar-refractivity contribution in [2.45, 2.75) is 75.0 Å². The molecular weight excluding hydrogens is 502 g/mol. The zero-order chi connectivity index (χ0) is 27.6. The second-order valence-electron chi connectivity index (χ2n) is 11.4. The maximum atomic E-state index is 13.6. The predicted octanol–water partition coefficient (Wildman–Crippen LogP) is 3.66. The molecule has 0 bridgehead atoms. The van der Waals surface area contributed by atoms with E-state index in [0.717, 1.165) is 32.3 Å². The third-order valence-electron chi connectivity index (χ3n) is 8.01. The van der Waals surface area contributed by atoms with E-state index in [4.69, 9.17) is 10.5 Å². The first kappa shape index (κ1) is 28.5. The molecule has 4 N–H and O–H groups in total. The van der Waals surface area contributed by atoms with Crippen molar-refractivity contribution in [2.24, 2.45) is 11.8 Å². The van der Waals surface area contributed by atoms with Gasteiger partial charge in [0, 0.05) is 31.3 Å². The van der Waals surface area contributed by atoms with Crippen molar-refractivity contribution in [3.8, 4) is 0 Å². The van der Waals surface area contributed by atoms with Gasteiger partial charge < -0.3 is 20.9 Å². The van der Waals surface area contributed by atoms with Crippen LogP contribution in [0.25, 0.3) is 0 Å². The molecule has 0 radical (unpaired) electrons. The van der Waals surface area contributed by atoms with Gasteiger partial charge in [0.2, 0.25) is 15.9 Å². The number of nitrogens with zero attached hydrogens (tertiary/aromatic N) is 1. The highest BCUT2D eigenvalue weighted by Crippen LogP contribution is 2.44. The van der Waals surface area contributed by atoms with E-state index in [0.29, 0.717) is 17.7 Å². The number of hydrogen-bond acceptors (Lipinski definition) is 6. The number of ether oxygens (including phenoxy) is 1. The lowest BCUT2D eigenvalue weighted by molar-refractivity contribution is -0.129. The normalized spacial score (nSPS) is 24.1. The van der Waals surface area contributed by atoms with Gasteiger partial charge in [-0.1, -0.05) is 44.2 Å². The van der Waals surface area contributed by atoms with Gasteiger partial charge in [-0.2, -0.15) is 4.31 Å². The molecule has 2 aliphatic rings. The van der Waals surface area contributed by atoms with E-state index in [-0.39, 0.29) is 41.3 Å². The standard InChI is InChI=1S/C29H41N3O5S/c1-21(2)19-32(38(35,36)25-12-10-24(30)11-13-25)20-26(33)28(3,23-8-5-4-6-9-23)31-27(34)22-14-16-29(18-22)15-7-17-37-29/h4-6,8-13,21-22,26,33H,7,14-20,30H2,1-3H3,(H,31,34)/t22?,26-,28+,29?/m1/s1. The molecule has 4 rings (SSSR count). The Kier molecular flexibility index (Phi) is 8.52. The van der Waals surface area contributed by atoms with Crippen LogP contribution in [0, 0.1) is 11.8 Å². The van der Waals surface area contributed by atoms with Gasteiger partial charge in [0.1, 0.15) is 0 Å². The van der Waals surface area contributed by atoms with Gasteiger partial charge >= 0.3 is 0 Å². The Labute approximate surface area is 226 Å². The smallest absolute Gasteiger partial charge is 0.243 e. The van der Waals surface area contributed by atoms with Crippen molar-refractivity contribution in [3.05, 3.63) is 60.2 Å². The largest absolute Gasteiger partial charge is 0.399 e. The number of nitrogens with one attached hydrogen (secondary N) is 1. The van der Waals surface area contributed by atoms with Gasteiger partial charge in [0.25, 0.3) is 0 Å². The van der Waals surface area contributed by atoms with Gasteiger partial charge in [-0.3, -0.25) is 4.79 Å². The first-order valence-corrected chi connectivity index (χ1v) is 14.9. The number of carbonyl (C=O) groups excluding carboxylic acids is 1. The summed E-state index contributed by atoms with van der Waals surface area (Å²) in [7, 11) is -3.92. The number of rotatable bonds is 10. The summed E-state index contributed by atoms with van der Waals surface area (Å²) in [6.07, 6.45) is 3.04. The number of hydrogen-bond donors (Lipinski definition) is 3. The number of anilines is 1. The molecule has 8 nitrogen and oxygen atoms in total. The lowest BCUT2D eigenvalue weighted by Crippen LogP contribution is -2.57. The van der Waals surface area contributed by atoms with E-state index in [1.807, 2.05) is 44.2 Å². The summed E-state index contributed by atoms with van der Waals surface area (Å²) in [6.45, 7) is 6.39. The minimum Gasteiger partial charge on any atom is -0.399 e. The fraction of sp³-hybridized carbons (Fsp3) is 0.552. The summed E-state index contributed by atoms with van der Waals surface area (Å²) in [4.78, 5) is 13.7. The van der Waals surface area contributed by atoms with Crippen LogP contribution in [-0.2, 0) is 25.1 Å². The molecule has 2 aromatic rings. The van der Waals surface area contributed by atoms with Crippen LogP contribution in [0.15, 0.2) is 59.5 Å². The highest BCUT2D eigenvalue weighted by Gasteiger charge is 2.47. The molecule has 0 aromatic heterocycles. The summed E-state index contributed by atoms with van der Waals surface area (Å²) in [5.74, 6) is -0.336. The average Bonchev–Trinajstić information content (AvgIpc) is 3.53. The van der Waals surface area contributed by atoms with E-state index < -0.39 is 21.7 Å². The highest BCUT2D eigenvalue weighted by atomic mass is 32.2. The first-order chi connectivity index (χ1) is 17.9. The zero-order valence-corrected chi connectivity index (χ0v) is 23.4. The Balaban J connectivity index is 1.60. The Morgan fingerprint density at radius 1 is 1.16 bits per heavy atom. The fourth-order valence-corrected chi connectivity index (χ4v) is 7.37. The Hall–Kier alpha value is -2.46. The van der Waals surface area contributed by atoms with E-state index in [1.54, 1.807) is 19.1 Å². The SMILES string of the molecule is CC(C)CN(C[C@@H](O)[C@@](C)(NC(=O)C1CCC2(CCCO2)C1)c1ccccc1)S(=O)(=O)c1ccc(N)cc1.